The molecular weight excluding hydrogens is 478 g/mol. The van der Waals surface area contributed by atoms with Crippen LogP contribution in [0.15, 0.2) is 24.4 Å². The molecule has 3 aliphatic rings. The Morgan fingerprint density at radius 1 is 1.28 bits per heavy atom. The van der Waals surface area contributed by atoms with Crippen LogP contribution in [-0.4, -0.2) is 71.3 Å². The fourth-order valence-electron chi connectivity index (χ4n) is 6.47. The number of hydrogen-bond acceptors (Lipinski definition) is 7. The van der Waals surface area contributed by atoms with Crippen molar-refractivity contribution < 1.29 is 24.2 Å². The first-order valence-corrected chi connectivity index (χ1v) is 15.7. The maximum atomic E-state index is 13.9. The van der Waals surface area contributed by atoms with Gasteiger partial charge in [-0.15, -0.1) is 5.10 Å². The Bertz CT molecular complexity index is 1180. The predicted octanol–water partition coefficient (Wildman–Crippen LogP) is 1.80. The summed E-state index contributed by atoms with van der Waals surface area (Å²) in [7, 11) is -0.993. The molecule has 1 spiro atoms. The Morgan fingerprint density at radius 2 is 2.06 bits per heavy atom. The number of anilines is 2. The van der Waals surface area contributed by atoms with Crippen molar-refractivity contribution in [1.82, 2.24) is 15.0 Å². The number of amides is 2. The van der Waals surface area contributed by atoms with E-state index in [4.69, 9.17) is 9.84 Å². The van der Waals surface area contributed by atoms with E-state index in [-0.39, 0.29) is 36.0 Å². The third kappa shape index (κ3) is 3.89. The minimum atomic E-state index is -2.75. The quantitative estimate of drug-likeness (QED) is 0.542. The molecule has 0 radical (unpaired) electrons. The molecule has 194 valence electrons. The van der Waals surface area contributed by atoms with E-state index < -0.39 is 13.9 Å². The van der Waals surface area contributed by atoms with E-state index in [0.29, 0.717) is 38.0 Å². The monoisotopic (exact) mass is 513 g/mol. The van der Waals surface area contributed by atoms with Crippen molar-refractivity contribution in [2.45, 2.75) is 69.5 Å². The van der Waals surface area contributed by atoms with Crippen LogP contribution in [0, 0.1) is 5.92 Å². The summed E-state index contributed by atoms with van der Waals surface area (Å²) in [6, 6.07) is 5.75. The topological polar surface area (TPSA) is 121 Å². The lowest BCUT2D eigenvalue weighted by atomic mass is 9.82. The summed E-state index contributed by atoms with van der Waals surface area (Å²) in [4.78, 5) is 41.1. The number of carbonyl (C=O) groups excluding carboxylic acids is 2. The molecule has 0 saturated carbocycles. The molecule has 4 heterocycles. The van der Waals surface area contributed by atoms with Crippen LogP contribution < -0.4 is 9.80 Å². The Balaban J connectivity index is 1.50. The van der Waals surface area contributed by atoms with Crippen LogP contribution in [-0.2, 0) is 32.9 Å². The summed E-state index contributed by atoms with van der Waals surface area (Å²) in [5.41, 5.74) is 1.66. The highest BCUT2D eigenvalue weighted by Gasteiger charge is 2.65. The van der Waals surface area contributed by atoms with Crippen LogP contribution in [0.3, 0.4) is 0 Å². The molecule has 2 aromatic rings. The van der Waals surface area contributed by atoms with Gasteiger partial charge in [0.1, 0.15) is 0 Å². The fraction of sp³-hybridized carbons (Fsp3) is 0.600. The first kappa shape index (κ1) is 25.1. The van der Waals surface area contributed by atoms with Crippen molar-refractivity contribution in [2.24, 2.45) is 5.92 Å². The molecule has 0 bridgehead atoms. The van der Waals surface area contributed by atoms with E-state index in [1.807, 2.05) is 44.4 Å². The van der Waals surface area contributed by atoms with Gasteiger partial charge in [0.2, 0.25) is 5.91 Å². The largest absolute Gasteiger partial charge is 0.432 e. The van der Waals surface area contributed by atoms with E-state index >= 15 is 0 Å². The van der Waals surface area contributed by atoms with Gasteiger partial charge in [0.15, 0.2) is 13.9 Å². The number of ether oxygens (including phenoxy) is 1. The van der Waals surface area contributed by atoms with Crippen LogP contribution in [0.2, 0.25) is 18.6 Å². The van der Waals surface area contributed by atoms with Gasteiger partial charge in [0, 0.05) is 68.5 Å². The van der Waals surface area contributed by atoms with E-state index in [0.717, 1.165) is 23.4 Å². The molecule has 36 heavy (non-hydrogen) atoms. The highest BCUT2D eigenvalue weighted by molar-refractivity contribution is 6.71. The second-order valence-electron chi connectivity index (χ2n) is 10.8. The van der Waals surface area contributed by atoms with Gasteiger partial charge in [-0.05, 0) is 44.1 Å². The molecule has 2 saturated heterocycles. The number of nitrogens with zero attached hydrogens (tertiary/aromatic N) is 5. The number of carbonyl (C=O) groups is 2. The Kier molecular flexibility index (Phi) is 6.30. The molecule has 0 unspecified atom stereocenters. The lowest BCUT2D eigenvalue weighted by Gasteiger charge is -2.32. The first-order valence-electron chi connectivity index (χ1n) is 12.7. The SMILES string of the molecule is C[C@@H]1[C@@H]([Si](C)(C)O)[C@H](CCn2cc(CCO)nn2)O[C@@]12C(=O)N(C)c1ccc(N3CCCC3=O)cc12. The molecule has 11 heteroatoms. The van der Waals surface area contributed by atoms with Crippen molar-refractivity contribution in [3.63, 3.8) is 0 Å². The van der Waals surface area contributed by atoms with Crippen LogP contribution >= 0.6 is 0 Å². The minimum Gasteiger partial charge on any atom is -0.432 e. The summed E-state index contributed by atoms with van der Waals surface area (Å²) in [6.45, 7) is 7.02. The zero-order valence-electron chi connectivity index (χ0n) is 21.3. The van der Waals surface area contributed by atoms with Gasteiger partial charge >= 0.3 is 0 Å². The molecule has 0 aliphatic carbocycles. The van der Waals surface area contributed by atoms with Crippen molar-refractivity contribution in [3.8, 4) is 0 Å². The van der Waals surface area contributed by atoms with E-state index in [1.165, 1.54) is 0 Å². The molecule has 10 nitrogen and oxygen atoms in total. The number of rotatable bonds is 7. The molecule has 2 fully saturated rings. The number of likely N-dealkylation sites (N-methyl/N-ethyl adjacent to an activating group) is 1. The second-order valence-corrected chi connectivity index (χ2v) is 14.8. The van der Waals surface area contributed by atoms with Gasteiger partial charge < -0.3 is 24.4 Å². The zero-order valence-corrected chi connectivity index (χ0v) is 22.3. The number of aliphatic hydroxyl groups excluding tert-OH is 1. The molecule has 1 aromatic carbocycles. The molecule has 1 aromatic heterocycles. The maximum absolute atomic E-state index is 13.9. The summed E-state index contributed by atoms with van der Waals surface area (Å²) >= 11 is 0. The molecular formula is C25H35N5O5Si. The average molecular weight is 514 g/mol. The number of aromatic nitrogens is 3. The minimum absolute atomic E-state index is 0.0108. The van der Waals surface area contributed by atoms with Crippen LogP contribution in [0.5, 0.6) is 0 Å². The van der Waals surface area contributed by atoms with Crippen molar-refractivity contribution in [3.05, 3.63) is 35.7 Å². The number of benzene rings is 1. The number of aryl methyl sites for hydroxylation is 1. The third-order valence-corrected chi connectivity index (χ3v) is 10.6. The molecule has 3 aliphatic heterocycles. The highest BCUT2D eigenvalue weighted by Crippen LogP contribution is 2.59. The van der Waals surface area contributed by atoms with Gasteiger partial charge in [-0.1, -0.05) is 12.1 Å². The standard InChI is InChI=1S/C25H35N5O5Si/c1-16-23(36(3,4)34)21(9-12-29-15-17(10-13-31)26-27-29)35-25(16)19-14-18(30-11-5-6-22(30)32)7-8-20(19)28(2)24(25)33/h7-8,14-16,21,23,31,34H,5-6,9-13H2,1-4H3/t16-,21+,23-,25+/m1/s1. The van der Waals surface area contributed by atoms with Crippen molar-refractivity contribution in [2.75, 3.05) is 30.0 Å². The van der Waals surface area contributed by atoms with Crippen LogP contribution in [0.25, 0.3) is 0 Å². The second kappa shape index (κ2) is 9.05. The Morgan fingerprint density at radius 3 is 2.72 bits per heavy atom. The summed E-state index contributed by atoms with van der Waals surface area (Å²) in [5, 5.41) is 17.4. The Hall–Kier alpha value is -2.60. The summed E-state index contributed by atoms with van der Waals surface area (Å²) in [6.07, 6.45) is 3.82. The average Bonchev–Trinajstić information content (AvgIpc) is 3.57. The van der Waals surface area contributed by atoms with Crippen molar-refractivity contribution in [1.29, 1.82) is 0 Å². The molecule has 4 atom stereocenters. The maximum Gasteiger partial charge on any atom is 0.264 e. The number of hydrogen-bond donors (Lipinski definition) is 2. The van der Waals surface area contributed by atoms with Gasteiger partial charge in [0.25, 0.3) is 5.91 Å². The number of fused-ring (bicyclic) bond motifs is 2. The Labute approximate surface area is 212 Å². The molecule has 5 rings (SSSR count). The van der Waals surface area contributed by atoms with Crippen molar-refractivity contribution >= 4 is 31.5 Å². The van der Waals surface area contributed by atoms with Gasteiger partial charge in [0.05, 0.1) is 17.5 Å². The van der Waals surface area contributed by atoms with Gasteiger partial charge in [-0.2, -0.15) is 0 Å². The van der Waals surface area contributed by atoms with Crippen LogP contribution in [0.4, 0.5) is 11.4 Å². The molecule has 2 N–H and O–H groups in total. The molecule has 2 amide bonds. The smallest absolute Gasteiger partial charge is 0.264 e. The van der Waals surface area contributed by atoms with E-state index in [9.17, 15) is 14.4 Å². The summed E-state index contributed by atoms with van der Waals surface area (Å²) < 4.78 is 8.49. The number of aliphatic hydroxyl groups is 1. The van der Waals surface area contributed by atoms with Gasteiger partial charge in [-0.3, -0.25) is 14.3 Å². The van der Waals surface area contributed by atoms with E-state index in [1.54, 1.807) is 21.5 Å². The fourth-order valence-corrected chi connectivity index (χ4v) is 9.07. The first-order chi connectivity index (χ1) is 17.1. The van der Waals surface area contributed by atoms with E-state index in [2.05, 4.69) is 10.3 Å². The zero-order chi connectivity index (χ0) is 25.8. The normalized spacial score (nSPS) is 28.1. The lowest BCUT2D eigenvalue weighted by Crippen LogP contribution is -2.45. The summed E-state index contributed by atoms with van der Waals surface area (Å²) in [5.74, 6) is -0.294. The van der Waals surface area contributed by atoms with Gasteiger partial charge in [-0.25, -0.2) is 0 Å². The van der Waals surface area contributed by atoms with Crippen LogP contribution in [0.1, 0.15) is 37.4 Å². The predicted molar refractivity (Wildman–Crippen MR) is 136 cm³/mol. The highest BCUT2D eigenvalue weighted by atomic mass is 28.4. The third-order valence-electron chi connectivity index (χ3n) is 8.08. The lowest BCUT2D eigenvalue weighted by molar-refractivity contribution is -0.145.